The minimum absolute atomic E-state index is 0.100. The van der Waals surface area contributed by atoms with E-state index in [0.29, 0.717) is 44.0 Å². The first kappa shape index (κ1) is 18.4. The van der Waals surface area contributed by atoms with E-state index in [1.54, 1.807) is 11.0 Å². The number of carbonyl (C=O) groups is 1. The molecule has 6 nitrogen and oxygen atoms in total. The minimum Gasteiger partial charge on any atom is -0.340 e. The molecule has 0 saturated carbocycles. The fourth-order valence-corrected chi connectivity index (χ4v) is 4.99. The number of benzene rings is 1. The maximum Gasteiger partial charge on any atom is 0.243 e. The standard InChI is InChI=1S/C18H27N3O3S/c1-19(2)9-8-18(22)20-10-12-21(13-11-20)25(23,24)17-7-6-15-4-3-5-16(15)14-17/h6-7,14H,3-5,8-13H2,1-2H3. The highest BCUT2D eigenvalue weighted by atomic mass is 32.2. The summed E-state index contributed by atoms with van der Waals surface area (Å²) in [6, 6.07) is 5.52. The average molecular weight is 365 g/mol. The zero-order valence-corrected chi connectivity index (χ0v) is 15.9. The van der Waals surface area contributed by atoms with E-state index in [0.717, 1.165) is 19.3 Å². The van der Waals surface area contributed by atoms with Gasteiger partial charge in [-0.2, -0.15) is 4.31 Å². The molecule has 0 bridgehead atoms. The summed E-state index contributed by atoms with van der Waals surface area (Å²) in [5.74, 6) is 0.100. The Labute approximate surface area is 150 Å². The van der Waals surface area contributed by atoms with E-state index in [2.05, 4.69) is 0 Å². The molecule has 0 unspecified atom stereocenters. The minimum atomic E-state index is -3.47. The van der Waals surface area contributed by atoms with Crippen molar-refractivity contribution in [1.82, 2.24) is 14.1 Å². The molecule has 1 saturated heterocycles. The molecule has 1 aliphatic heterocycles. The van der Waals surface area contributed by atoms with Crippen LogP contribution in [0.25, 0.3) is 0 Å². The maximum atomic E-state index is 12.9. The number of rotatable bonds is 5. The van der Waals surface area contributed by atoms with Gasteiger partial charge in [0.05, 0.1) is 4.90 Å². The second-order valence-electron chi connectivity index (χ2n) is 7.12. The number of hydrogen-bond donors (Lipinski definition) is 0. The second-order valence-corrected chi connectivity index (χ2v) is 9.06. The predicted octanol–water partition coefficient (Wildman–Crippen LogP) is 0.960. The lowest BCUT2D eigenvalue weighted by atomic mass is 10.1. The molecular weight excluding hydrogens is 338 g/mol. The highest BCUT2D eigenvalue weighted by Crippen LogP contribution is 2.26. The molecule has 138 valence electrons. The molecule has 25 heavy (non-hydrogen) atoms. The van der Waals surface area contributed by atoms with E-state index in [4.69, 9.17) is 0 Å². The molecular formula is C18H27N3O3S. The van der Waals surface area contributed by atoms with E-state index >= 15 is 0 Å². The van der Waals surface area contributed by atoms with Gasteiger partial charge in [-0.25, -0.2) is 8.42 Å². The number of amides is 1. The van der Waals surface area contributed by atoms with Crippen LogP contribution in [0.4, 0.5) is 0 Å². The average Bonchev–Trinajstić information content (AvgIpc) is 3.07. The van der Waals surface area contributed by atoms with E-state index in [9.17, 15) is 13.2 Å². The molecule has 1 aromatic rings. The molecule has 0 radical (unpaired) electrons. The molecule has 3 rings (SSSR count). The van der Waals surface area contributed by atoms with Crippen LogP contribution in [0, 0.1) is 0 Å². The quantitative estimate of drug-likeness (QED) is 0.780. The van der Waals surface area contributed by atoms with Gasteiger partial charge >= 0.3 is 0 Å². The zero-order valence-electron chi connectivity index (χ0n) is 15.1. The monoisotopic (exact) mass is 365 g/mol. The van der Waals surface area contributed by atoms with Gasteiger partial charge in [-0.05, 0) is 56.6 Å². The first-order chi connectivity index (χ1) is 11.9. The number of carbonyl (C=O) groups excluding carboxylic acids is 1. The summed E-state index contributed by atoms with van der Waals surface area (Å²) in [6.07, 6.45) is 3.59. The lowest BCUT2D eigenvalue weighted by molar-refractivity contribution is -0.132. The smallest absolute Gasteiger partial charge is 0.243 e. The highest BCUT2D eigenvalue weighted by Gasteiger charge is 2.30. The highest BCUT2D eigenvalue weighted by molar-refractivity contribution is 7.89. The summed E-state index contributed by atoms with van der Waals surface area (Å²) in [4.78, 5) is 16.3. The van der Waals surface area contributed by atoms with Gasteiger partial charge in [-0.1, -0.05) is 6.07 Å². The summed E-state index contributed by atoms with van der Waals surface area (Å²) in [5.41, 5.74) is 2.44. The molecule has 0 aromatic heterocycles. The van der Waals surface area contributed by atoms with Gasteiger partial charge in [0, 0.05) is 39.1 Å². The van der Waals surface area contributed by atoms with Crippen molar-refractivity contribution >= 4 is 15.9 Å². The van der Waals surface area contributed by atoms with Crippen LogP contribution in [0.2, 0.25) is 0 Å². The van der Waals surface area contributed by atoms with Crippen molar-refractivity contribution in [3.05, 3.63) is 29.3 Å². The van der Waals surface area contributed by atoms with Crippen molar-refractivity contribution in [3.8, 4) is 0 Å². The van der Waals surface area contributed by atoms with Crippen LogP contribution in [-0.4, -0.2) is 75.2 Å². The first-order valence-corrected chi connectivity index (χ1v) is 10.4. The summed E-state index contributed by atoms with van der Waals surface area (Å²) >= 11 is 0. The van der Waals surface area contributed by atoms with Gasteiger partial charge in [0.2, 0.25) is 15.9 Å². The number of fused-ring (bicyclic) bond motifs is 1. The Morgan fingerprint density at radius 3 is 2.44 bits per heavy atom. The Hall–Kier alpha value is -1.44. The van der Waals surface area contributed by atoms with E-state index in [-0.39, 0.29) is 5.91 Å². The molecule has 7 heteroatoms. The molecule has 1 aromatic carbocycles. The van der Waals surface area contributed by atoms with Crippen molar-refractivity contribution < 1.29 is 13.2 Å². The third-order valence-corrected chi connectivity index (χ3v) is 6.97. The van der Waals surface area contributed by atoms with Crippen molar-refractivity contribution in [2.24, 2.45) is 0 Å². The second kappa shape index (κ2) is 7.43. The molecule has 1 fully saturated rings. The van der Waals surface area contributed by atoms with Gasteiger partial charge in [-0.3, -0.25) is 4.79 Å². The van der Waals surface area contributed by atoms with E-state index < -0.39 is 10.0 Å². The largest absolute Gasteiger partial charge is 0.340 e. The van der Waals surface area contributed by atoms with Crippen LogP contribution in [0.15, 0.2) is 23.1 Å². The number of sulfonamides is 1. The van der Waals surface area contributed by atoms with Gasteiger partial charge < -0.3 is 9.80 Å². The van der Waals surface area contributed by atoms with Gasteiger partial charge in [0.1, 0.15) is 0 Å². The number of piperazine rings is 1. The Balaban J connectivity index is 1.63. The molecule has 1 heterocycles. The topological polar surface area (TPSA) is 60.9 Å². The van der Waals surface area contributed by atoms with Crippen LogP contribution in [-0.2, 0) is 27.7 Å². The Bertz CT molecular complexity index is 738. The molecule has 0 spiro atoms. The Kier molecular flexibility index (Phi) is 5.46. The summed E-state index contributed by atoms with van der Waals surface area (Å²) in [5, 5.41) is 0. The van der Waals surface area contributed by atoms with Gasteiger partial charge in [0.15, 0.2) is 0 Å². The summed E-state index contributed by atoms with van der Waals surface area (Å²) < 4.78 is 27.3. The Morgan fingerprint density at radius 2 is 1.76 bits per heavy atom. The lowest BCUT2D eigenvalue weighted by Gasteiger charge is -2.34. The zero-order chi connectivity index (χ0) is 18.0. The van der Waals surface area contributed by atoms with Crippen LogP contribution in [0.5, 0.6) is 0 Å². The summed E-state index contributed by atoms with van der Waals surface area (Å²) in [7, 11) is 0.406. The molecule has 2 aliphatic rings. The predicted molar refractivity (Wildman–Crippen MR) is 97.0 cm³/mol. The molecule has 0 N–H and O–H groups in total. The van der Waals surface area contributed by atoms with Crippen molar-refractivity contribution in [2.45, 2.75) is 30.6 Å². The van der Waals surface area contributed by atoms with Gasteiger partial charge in [0.25, 0.3) is 0 Å². The first-order valence-electron chi connectivity index (χ1n) is 8.92. The van der Waals surface area contributed by atoms with E-state index in [1.807, 2.05) is 31.1 Å². The van der Waals surface area contributed by atoms with Crippen LogP contribution in [0.3, 0.4) is 0 Å². The molecule has 1 amide bonds. The normalized spacial score (nSPS) is 18.6. The van der Waals surface area contributed by atoms with Crippen LogP contribution in [0.1, 0.15) is 24.0 Å². The molecule has 0 atom stereocenters. The fraction of sp³-hybridized carbons (Fsp3) is 0.611. The van der Waals surface area contributed by atoms with Gasteiger partial charge in [-0.15, -0.1) is 0 Å². The fourth-order valence-electron chi connectivity index (χ4n) is 3.51. The van der Waals surface area contributed by atoms with Crippen molar-refractivity contribution in [3.63, 3.8) is 0 Å². The number of nitrogens with zero attached hydrogens (tertiary/aromatic N) is 3. The Morgan fingerprint density at radius 1 is 1.08 bits per heavy atom. The lowest BCUT2D eigenvalue weighted by Crippen LogP contribution is -2.50. The number of aryl methyl sites for hydroxylation is 2. The SMILES string of the molecule is CN(C)CCC(=O)N1CCN(S(=O)(=O)c2ccc3c(c2)CCC3)CC1. The summed E-state index contributed by atoms with van der Waals surface area (Å²) in [6.45, 7) is 2.39. The third kappa shape index (κ3) is 4.04. The maximum absolute atomic E-state index is 12.9. The van der Waals surface area contributed by atoms with Crippen LogP contribution >= 0.6 is 0 Å². The van der Waals surface area contributed by atoms with Crippen molar-refractivity contribution in [1.29, 1.82) is 0 Å². The molecule has 1 aliphatic carbocycles. The van der Waals surface area contributed by atoms with Crippen LogP contribution < -0.4 is 0 Å². The van der Waals surface area contributed by atoms with Crippen molar-refractivity contribution in [2.75, 3.05) is 46.8 Å². The van der Waals surface area contributed by atoms with E-state index in [1.165, 1.54) is 15.4 Å². The third-order valence-electron chi connectivity index (χ3n) is 5.07. The number of hydrogen-bond acceptors (Lipinski definition) is 4.